The standard InChI is InChI=1S/C21H31N3O4/c1-4-28-20(27)21(13-9-6-10-14-21)24(3)15-17(25)23-18(19(26)22-2)16-11-7-5-8-12-16/h5,7-8,11-12,18H,4,6,9-10,13-15H2,1-3H3,(H,22,26)(H,23,25)/t18-/m1/s1. The molecule has 0 radical (unpaired) electrons. The van der Waals surface area contributed by atoms with Gasteiger partial charge in [0, 0.05) is 7.05 Å². The van der Waals surface area contributed by atoms with Gasteiger partial charge in [-0.1, -0.05) is 49.6 Å². The Kier molecular flexibility index (Phi) is 7.99. The van der Waals surface area contributed by atoms with Crippen LogP contribution in [0.25, 0.3) is 0 Å². The van der Waals surface area contributed by atoms with Crippen LogP contribution in [0.1, 0.15) is 50.6 Å². The minimum Gasteiger partial charge on any atom is -0.465 e. The molecule has 1 aliphatic rings. The third-order valence-corrected chi connectivity index (χ3v) is 5.39. The van der Waals surface area contributed by atoms with E-state index in [1.165, 1.54) is 7.05 Å². The predicted octanol–water partition coefficient (Wildman–Crippen LogP) is 1.79. The molecule has 0 saturated heterocycles. The number of esters is 1. The van der Waals surface area contributed by atoms with Crippen molar-refractivity contribution in [2.75, 3.05) is 27.2 Å². The molecule has 1 atom stereocenters. The molecule has 0 bridgehead atoms. The fourth-order valence-corrected chi connectivity index (χ4v) is 3.81. The van der Waals surface area contributed by atoms with Gasteiger partial charge in [0.05, 0.1) is 13.2 Å². The summed E-state index contributed by atoms with van der Waals surface area (Å²) >= 11 is 0. The maximum atomic E-state index is 12.7. The average Bonchev–Trinajstić information content (AvgIpc) is 2.72. The van der Waals surface area contributed by atoms with Gasteiger partial charge in [0.1, 0.15) is 11.6 Å². The molecule has 7 nitrogen and oxygen atoms in total. The van der Waals surface area contributed by atoms with Gasteiger partial charge in [-0.3, -0.25) is 19.3 Å². The number of nitrogens with zero attached hydrogens (tertiary/aromatic N) is 1. The van der Waals surface area contributed by atoms with Crippen molar-refractivity contribution in [3.8, 4) is 0 Å². The maximum absolute atomic E-state index is 12.7. The number of hydrogen-bond acceptors (Lipinski definition) is 5. The lowest BCUT2D eigenvalue weighted by atomic mass is 9.80. The van der Waals surface area contributed by atoms with E-state index in [4.69, 9.17) is 4.74 Å². The molecule has 2 N–H and O–H groups in total. The fraction of sp³-hybridized carbons (Fsp3) is 0.571. The summed E-state index contributed by atoms with van der Waals surface area (Å²) in [5.41, 5.74) is -0.0726. The second kappa shape index (κ2) is 10.2. The van der Waals surface area contributed by atoms with E-state index in [1.54, 1.807) is 31.0 Å². The summed E-state index contributed by atoms with van der Waals surface area (Å²) in [5, 5.41) is 5.38. The van der Waals surface area contributed by atoms with Crippen LogP contribution < -0.4 is 10.6 Å². The van der Waals surface area contributed by atoms with Crippen molar-refractivity contribution in [1.82, 2.24) is 15.5 Å². The smallest absolute Gasteiger partial charge is 0.326 e. The lowest BCUT2D eigenvalue weighted by molar-refractivity contribution is -0.160. The van der Waals surface area contributed by atoms with E-state index in [1.807, 2.05) is 18.2 Å². The van der Waals surface area contributed by atoms with Gasteiger partial charge in [0.15, 0.2) is 0 Å². The maximum Gasteiger partial charge on any atom is 0.326 e. The molecule has 0 spiro atoms. The van der Waals surface area contributed by atoms with Crippen molar-refractivity contribution < 1.29 is 19.1 Å². The Morgan fingerprint density at radius 3 is 2.36 bits per heavy atom. The summed E-state index contributed by atoms with van der Waals surface area (Å²) in [7, 11) is 3.31. The first kappa shape index (κ1) is 21.9. The second-order valence-electron chi connectivity index (χ2n) is 7.19. The number of benzene rings is 1. The van der Waals surface area contributed by atoms with Gasteiger partial charge in [-0.05, 0) is 32.4 Å². The first-order valence-electron chi connectivity index (χ1n) is 9.89. The molecule has 0 unspecified atom stereocenters. The van der Waals surface area contributed by atoms with Crippen molar-refractivity contribution in [2.24, 2.45) is 0 Å². The van der Waals surface area contributed by atoms with Crippen molar-refractivity contribution in [3.63, 3.8) is 0 Å². The summed E-state index contributed by atoms with van der Waals surface area (Å²) in [6.45, 7) is 2.11. The van der Waals surface area contributed by atoms with Crippen LogP contribution in [-0.2, 0) is 19.1 Å². The van der Waals surface area contributed by atoms with Crippen LogP contribution in [0.2, 0.25) is 0 Å². The van der Waals surface area contributed by atoms with E-state index in [-0.39, 0.29) is 24.3 Å². The van der Waals surface area contributed by atoms with E-state index in [9.17, 15) is 14.4 Å². The summed E-state index contributed by atoms with van der Waals surface area (Å²) in [4.78, 5) is 39.5. The lowest BCUT2D eigenvalue weighted by Gasteiger charge is -2.42. The quantitative estimate of drug-likeness (QED) is 0.662. The van der Waals surface area contributed by atoms with E-state index >= 15 is 0 Å². The number of carbonyl (C=O) groups is 3. The Bertz CT molecular complexity index is 671. The van der Waals surface area contributed by atoms with Gasteiger partial charge in [-0.15, -0.1) is 0 Å². The zero-order valence-electron chi connectivity index (χ0n) is 17.0. The Morgan fingerprint density at radius 1 is 1.14 bits per heavy atom. The normalized spacial score (nSPS) is 16.9. The average molecular weight is 389 g/mol. The highest BCUT2D eigenvalue weighted by molar-refractivity contribution is 5.89. The molecule has 0 heterocycles. The predicted molar refractivity (Wildman–Crippen MR) is 106 cm³/mol. The van der Waals surface area contributed by atoms with Crippen molar-refractivity contribution >= 4 is 17.8 Å². The van der Waals surface area contributed by atoms with Crippen LogP contribution in [0.5, 0.6) is 0 Å². The molecular weight excluding hydrogens is 358 g/mol. The van der Waals surface area contributed by atoms with Crippen LogP contribution >= 0.6 is 0 Å². The molecular formula is C21H31N3O4. The Morgan fingerprint density at radius 2 is 1.79 bits per heavy atom. The zero-order chi connectivity index (χ0) is 20.6. The van der Waals surface area contributed by atoms with Crippen molar-refractivity contribution in [3.05, 3.63) is 35.9 Å². The van der Waals surface area contributed by atoms with E-state index in [0.29, 0.717) is 25.0 Å². The highest BCUT2D eigenvalue weighted by Gasteiger charge is 2.45. The number of carbonyl (C=O) groups excluding carboxylic acids is 3. The third kappa shape index (κ3) is 5.10. The van der Waals surface area contributed by atoms with Gasteiger partial charge in [0.2, 0.25) is 11.8 Å². The molecule has 2 amide bonds. The molecule has 0 aromatic heterocycles. The van der Waals surface area contributed by atoms with E-state index < -0.39 is 11.6 Å². The zero-order valence-corrected chi connectivity index (χ0v) is 17.0. The van der Waals surface area contributed by atoms with Gasteiger partial charge in [-0.2, -0.15) is 0 Å². The summed E-state index contributed by atoms with van der Waals surface area (Å²) < 4.78 is 5.32. The molecule has 1 saturated carbocycles. The topological polar surface area (TPSA) is 87.7 Å². The monoisotopic (exact) mass is 389 g/mol. The molecule has 154 valence electrons. The van der Waals surface area contributed by atoms with Gasteiger partial charge < -0.3 is 15.4 Å². The third-order valence-electron chi connectivity index (χ3n) is 5.39. The van der Waals surface area contributed by atoms with E-state index in [0.717, 1.165) is 19.3 Å². The molecule has 0 aliphatic heterocycles. The number of ether oxygens (including phenoxy) is 1. The largest absolute Gasteiger partial charge is 0.465 e. The first-order chi connectivity index (χ1) is 13.4. The Labute approximate surface area is 166 Å². The van der Waals surface area contributed by atoms with Crippen LogP contribution in [0.3, 0.4) is 0 Å². The molecule has 1 aromatic carbocycles. The summed E-state index contributed by atoms with van der Waals surface area (Å²) in [6.07, 6.45) is 4.28. The molecule has 1 fully saturated rings. The number of amides is 2. The minimum atomic E-state index is -0.781. The van der Waals surface area contributed by atoms with Crippen LogP contribution in [0.4, 0.5) is 0 Å². The van der Waals surface area contributed by atoms with Crippen LogP contribution in [-0.4, -0.2) is 55.5 Å². The van der Waals surface area contributed by atoms with Crippen LogP contribution in [0.15, 0.2) is 30.3 Å². The number of rotatable bonds is 8. The van der Waals surface area contributed by atoms with Crippen molar-refractivity contribution in [1.29, 1.82) is 0 Å². The van der Waals surface area contributed by atoms with Gasteiger partial charge in [0.25, 0.3) is 0 Å². The lowest BCUT2D eigenvalue weighted by Crippen LogP contribution is -2.57. The molecule has 28 heavy (non-hydrogen) atoms. The second-order valence-corrected chi connectivity index (χ2v) is 7.19. The Hall–Kier alpha value is -2.41. The highest BCUT2D eigenvalue weighted by Crippen LogP contribution is 2.34. The molecule has 2 rings (SSSR count). The number of nitrogens with one attached hydrogen (secondary N) is 2. The fourth-order valence-electron chi connectivity index (χ4n) is 3.81. The SMILES string of the molecule is CCOC(=O)C1(N(C)CC(=O)N[C@@H](C(=O)NC)c2ccccc2)CCCCC1. The van der Waals surface area contributed by atoms with E-state index in [2.05, 4.69) is 10.6 Å². The number of hydrogen-bond donors (Lipinski definition) is 2. The first-order valence-corrected chi connectivity index (χ1v) is 9.89. The molecule has 1 aromatic rings. The summed E-state index contributed by atoms with van der Waals surface area (Å²) in [5.74, 6) is -0.870. The summed E-state index contributed by atoms with van der Waals surface area (Å²) in [6, 6.07) is 8.31. The van der Waals surface area contributed by atoms with Gasteiger partial charge >= 0.3 is 5.97 Å². The highest BCUT2D eigenvalue weighted by atomic mass is 16.5. The molecule has 7 heteroatoms. The van der Waals surface area contributed by atoms with Crippen molar-refractivity contribution in [2.45, 2.75) is 50.6 Å². The molecule has 1 aliphatic carbocycles. The minimum absolute atomic E-state index is 0.0130. The van der Waals surface area contributed by atoms with Gasteiger partial charge in [-0.25, -0.2) is 0 Å². The Balaban J connectivity index is 2.12. The number of likely N-dealkylation sites (N-methyl/N-ethyl adjacent to an activating group) is 2. The van der Waals surface area contributed by atoms with Crippen LogP contribution in [0, 0.1) is 0 Å².